The highest BCUT2D eigenvalue weighted by Crippen LogP contribution is 2.36. The zero-order valence-corrected chi connectivity index (χ0v) is 12.3. The molecule has 3 N–H and O–H groups in total. The second-order valence-corrected chi connectivity index (χ2v) is 5.09. The third kappa shape index (κ3) is 2.53. The van der Waals surface area contributed by atoms with E-state index < -0.39 is 0 Å². The Morgan fingerprint density at radius 3 is 2.30 bits per heavy atom. The summed E-state index contributed by atoms with van der Waals surface area (Å²) >= 11 is 0. The fraction of sp³-hybridized carbons (Fsp3) is 0.533. The summed E-state index contributed by atoms with van der Waals surface area (Å²) in [4.78, 5) is 12.5. The lowest BCUT2D eigenvalue weighted by atomic mass is 9.89. The fourth-order valence-corrected chi connectivity index (χ4v) is 2.48. The molecule has 0 bridgehead atoms. The van der Waals surface area contributed by atoms with Gasteiger partial charge in [-0.2, -0.15) is 0 Å². The van der Waals surface area contributed by atoms with E-state index in [1.165, 1.54) is 0 Å². The van der Waals surface area contributed by atoms with Crippen LogP contribution in [0.3, 0.4) is 0 Å². The summed E-state index contributed by atoms with van der Waals surface area (Å²) in [5.74, 6) is 0.998. The van der Waals surface area contributed by atoms with Crippen LogP contribution in [0.4, 0.5) is 5.69 Å². The van der Waals surface area contributed by atoms with Crippen LogP contribution in [0.1, 0.15) is 50.4 Å². The minimum absolute atomic E-state index is 0.161. The molecule has 0 aliphatic carbocycles. The van der Waals surface area contributed by atoms with Gasteiger partial charge in [0.15, 0.2) is 11.5 Å². The molecular weight excluding hydrogens is 256 g/mol. The highest BCUT2D eigenvalue weighted by molar-refractivity contribution is 6.00. The minimum Gasteiger partial charge on any atom is -0.454 e. The van der Waals surface area contributed by atoms with Crippen molar-refractivity contribution < 1.29 is 14.3 Å². The molecule has 1 aliphatic rings. The molecule has 0 saturated carbocycles. The van der Waals surface area contributed by atoms with Crippen molar-refractivity contribution in [2.45, 2.75) is 45.6 Å². The fourth-order valence-electron chi connectivity index (χ4n) is 2.48. The molecule has 5 nitrogen and oxygen atoms in total. The van der Waals surface area contributed by atoms with Crippen molar-refractivity contribution in [3.05, 3.63) is 17.7 Å². The molecular formula is C15H22N2O3. The molecule has 20 heavy (non-hydrogen) atoms. The van der Waals surface area contributed by atoms with Crippen molar-refractivity contribution >= 4 is 11.6 Å². The lowest BCUT2D eigenvalue weighted by Crippen LogP contribution is -2.47. The van der Waals surface area contributed by atoms with Gasteiger partial charge in [-0.15, -0.1) is 0 Å². The van der Waals surface area contributed by atoms with Crippen LogP contribution in [0.2, 0.25) is 0 Å². The van der Waals surface area contributed by atoms with E-state index in [1.54, 1.807) is 12.1 Å². The first kappa shape index (κ1) is 14.5. The summed E-state index contributed by atoms with van der Waals surface area (Å²) < 4.78 is 10.5. The lowest BCUT2D eigenvalue weighted by molar-refractivity contribution is 0.0888. The molecule has 0 aromatic heterocycles. The number of hydrogen-bond acceptors (Lipinski definition) is 4. The number of carbonyl (C=O) groups is 1. The van der Waals surface area contributed by atoms with E-state index in [4.69, 9.17) is 15.2 Å². The van der Waals surface area contributed by atoms with Crippen molar-refractivity contribution in [3.63, 3.8) is 0 Å². The smallest absolute Gasteiger partial charge is 0.253 e. The molecule has 0 fully saturated rings. The van der Waals surface area contributed by atoms with Gasteiger partial charge in [0.2, 0.25) is 6.79 Å². The highest BCUT2D eigenvalue weighted by Gasteiger charge is 2.28. The highest BCUT2D eigenvalue weighted by atomic mass is 16.7. The van der Waals surface area contributed by atoms with Gasteiger partial charge in [0, 0.05) is 17.3 Å². The lowest BCUT2D eigenvalue weighted by Gasteiger charge is -2.32. The molecule has 5 heteroatoms. The summed E-state index contributed by atoms with van der Waals surface area (Å²) in [6.45, 7) is 6.41. The molecule has 0 saturated heterocycles. The van der Waals surface area contributed by atoms with Gasteiger partial charge in [-0.25, -0.2) is 0 Å². The van der Waals surface area contributed by atoms with Crippen molar-refractivity contribution in [2.75, 3.05) is 12.5 Å². The van der Waals surface area contributed by atoms with Gasteiger partial charge in [-0.05, 0) is 25.3 Å². The number of amides is 1. The van der Waals surface area contributed by atoms with Crippen LogP contribution in [-0.2, 0) is 0 Å². The molecule has 0 atom stereocenters. The van der Waals surface area contributed by atoms with Crippen molar-refractivity contribution in [2.24, 2.45) is 0 Å². The number of nitrogens with two attached hydrogens (primary N) is 1. The molecule has 2 rings (SSSR count). The van der Waals surface area contributed by atoms with E-state index in [1.807, 2.05) is 0 Å². The topological polar surface area (TPSA) is 73.6 Å². The van der Waals surface area contributed by atoms with Crippen LogP contribution in [0.15, 0.2) is 12.1 Å². The van der Waals surface area contributed by atoms with Crippen LogP contribution in [0.25, 0.3) is 0 Å². The Hall–Kier alpha value is -1.91. The van der Waals surface area contributed by atoms with E-state index in [9.17, 15) is 4.79 Å². The van der Waals surface area contributed by atoms with Crippen LogP contribution in [0.5, 0.6) is 11.5 Å². The van der Waals surface area contributed by atoms with Gasteiger partial charge < -0.3 is 20.5 Å². The third-order valence-corrected chi connectivity index (χ3v) is 4.20. The van der Waals surface area contributed by atoms with Crippen molar-refractivity contribution in [1.29, 1.82) is 0 Å². The predicted octanol–water partition coefficient (Wildman–Crippen LogP) is 2.70. The molecule has 1 amide bonds. The number of fused-ring (bicyclic) bond motifs is 1. The molecule has 110 valence electrons. The Bertz CT molecular complexity index is 502. The first-order valence-corrected chi connectivity index (χ1v) is 7.07. The Balaban J connectivity index is 2.25. The van der Waals surface area contributed by atoms with Crippen LogP contribution in [0, 0.1) is 0 Å². The molecule has 1 aromatic carbocycles. The van der Waals surface area contributed by atoms with Gasteiger partial charge in [-0.3, -0.25) is 4.79 Å². The SMILES string of the molecule is CCC(CC)(CC)NC(=O)c1cc2c(cc1N)OCO2. The van der Waals surface area contributed by atoms with Gasteiger partial charge in [-0.1, -0.05) is 20.8 Å². The first-order valence-electron chi connectivity index (χ1n) is 7.07. The molecule has 1 aliphatic heterocycles. The van der Waals surface area contributed by atoms with E-state index >= 15 is 0 Å². The summed E-state index contributed by atoms with van der Waals surface area (Å²) in [7, 11) is 0. The number of rotatable bonds is 5. The standard InChI is InChI=1S/C15H22N2O3/c1-4-15(5-2,6-3)17-14(18)10-7-12-13(8-11(10)16)20-9-19-12/h7-8H,4-6,9,16H2,1-3H3,(H,17,18). The van der Waals surface area contributed by atoms with Gasteiger partial charge in [0.05, 0.1) is 5.56 Å². The number of benzene rings is 1. The Kier molecular flexibility index (Phi) is 4.06. The Morgan fingerprint density at radius 2 is 1.75 bits per heavy atom. The quantitative estimate of drug-likeness (QED) is 0.812. The van der Waals surface area contributed by atoms with Crippen LogP contribution in [-0.4, -0.2) is 18.2 Å². The molecule has 0 unspecified atom stereocenters. The van der Waals surface area contributed by atoms with Gasteiger partial charge in [0.1, 0.15) is 0 Å². The maximum atomic E-state index is 12.5. The average molecular weight is 278 g/mol. The van der Waals surface area contributed by atoms with E-state index in [-0.39, 0.29) is 18.2 Å². The van der Waals surface area contributed by atoms with Crippen LogP contribution >= 0.6 is 0 Å². The molecule has 0 radical (unpaired) electrons. The summed E-state index contributed by atoms with van der Waals surface area (Å²) in [5, 5.41) is 3.11. The summed E-state index contributed by atoms with van der Waals surface area (Å²) in [6, 6.07) is 3.29. The van der Waals surface area contributed by atoms with Gasteiger partial charge in [0.25, 0.3) is 5.91 Å². The normalized spacial score (nSPS) is 13.3. The average Bonchev–Trinajstić information content (AvgIpc) is 2.91. The first-order chi connectivity index (χ1) is 9.55. The number of hydrogen-bond donors (Lipinski definition) is 2. The molecule has 0 spiro atoms. The zero-order valence-electron chi connectivity index (χ0n) is 12.3. The third-order valence-electron chi connectivity index (χ3n) is 4.20. The van der Waals surface area contributed by atoms with E-state index in [0.717, 1.165) is 19.3 Å². The number of anilines is 1. The number of carbonyl (C=O) groups excluding carboxylic acids is 1. The predicted molar refractivity (Wildman–Crippen MR) is 78.0 cm³/mol. The monoisotopic (exact) mass is 278 g/mol. The minimum atomic E-state index is -0.181. The Labute approximate surface area is 119 Å². The van der Waals surface area contributed by atoms with E-state index in [0.29, 0.717) is 22.7 Å². The summed E-state index contributed by atoms with van der Waals surface area (Å²) in [5.41, 5.74) is 6.61. The van der Waals surface area contributed by atoms with Crippen LogP contribution < -0.4 is 20.5 Å². The molecule has 1 aromatic rings. The number of nitrogen functional groups attached to an aromatic ring is 1. The summed E-state index contributed by atoms with van der Waals surface area (Å²) in [6.07, 6.45) is 2.66. The Morgan fingerprint density at radius 1 is 1.20 bits per heavy atom. The number of nitrogens with one attached hydrogen (secondary N) is 1. The second-order valence-electron chi connectivity index (χ2n) is 5.09. The zero-order chi connectivity index (χ0) is 14.8. The van der Waals surface area contributed by atoms with Crippen molar-refractivity contribution in [1.82, 2.24) is 5.32 Å². The molecule has 1 heterocycles. The van der Waals surface area contributed by atoms with E-state index in [2.05, 4.69) is 26.1 Å². The second kappa shape index (κ2) is 5.61. The largest absolute Gasteiger partial charge is 0.454 e. The van der Waals surface area contributed by atoms with Gasteiger partial charge >= 0.3 is 0 Å². The maximum Gasteiger partial charge on any atom is 0.253 e. The maximum absolute atomic E-state index is 12.5. The van der Waals surface area contributed by atoms with Crippen molar-refractivity contribution in [3.8, 4) is 11.5 Å². The number of ether oxygens (including phenoxy) is 2.